The zero-order valence-electron chi connectivity index (χ0n) is 15.3. The van der Waals surface area contributed by atoms with Crippen LogP contribution in [0.25, 0.3) is 0 Å². The number of carbonyl (C=O) groups is 2. The Labute approximate surface area is 159 Å². The number of benzene rings is 2. The number of aliphatic carboxylic acids is 1. The van der Waals surface area contributed by atoms with Crippen LogP contribution in [0.15, 0.2) is 53.4 Å². The van der Waals surface area contributed by atoms with Crippen molar-refractivity contribution in [3.63, 3.8) is 0 Å². The summed E-state index contributed by atoms with van der Waals surface area (Å²) >= 11 is 0. The molecule has 2 rings (SSSR count). The zero-order valence-corrected chi connectivity index (χ0v) is 16.1. The largest absolute Gasteiger partial charge is 0.481 e. The van der Waals surface area contributed by atoms with Crippen LogP contribution in [-0.2, 0) is 21.1 Å². The van der Waals surface area contributed by atoms with Crippen LogP contribution in [0.2, 0.25) is 0 Å². The quantitative estimate of drug-likeness (QED) is 0.722. The molecule has 0 saturated heterocycles. The highest BCUT2D eigenvalue weighted by molar-refractivity contribution is 7.91. The molecule has 2 aromatic rings. The number of aryl methyl sites for hydroxylation is 1. The molecule has 6 nitrogen and oxygen atoms in total. The van der Waals surface area contributed by atoms with Crippen LogP contribution in [0.1, 0.15) is 28.4 Å². The van der Waals surface area contributed by atoms with Gasteiger partial charge in [0.15, 0.2) is 9.84 Å². The third-order valence-corrected chi connectivity index (χ3v) is 5.99. The number of carbonyl (C=O) groups excluding carboxylic acids is 1. The first-order valence-electron chi connectivity index (χ1n) is 8.62. The lowest BCUT2D eigenvalue weighted by Gasteiger charge is -2.14. The van der Waals surface area contributed by atoms with E-state index in [0.29, 0.717) is 6.42 Å². The Morgan fingerprint density at radius 3 is 2.44 bits per heavy atom. The number of carboxylic acids is 1. The Balaban J connectivity index is 2.08. The Bertz CT molecular complexity index is 937. The molecule has 0 radical (unpaired) electrons. The molecule has 0 heterocycles. The molecule has 0 aliphatic rings. The highest BCUT2D eigenvalue weighted by atomic mass is 32.2. The summed E-state index contributed by atoms with van der Waals surface area (Å²) < 4.78 is 23.9. The summed E-state index contributed by atoms with van der Waals surface area (Å²) in [6.07, 6.45) is 0.293. The van der Waals surface area contributed by atoms with Crippen molar-refractivity contribution in [3.8, 4) is 0 Å². The molecular formula is C20H23NO5S. The summed E-state index contributed by atoms with van der Waals surface area (Å²) in [6, 6.07) is 13.3. The zero-order chi connectivity index (χ0) is 20.0. The van der Waals surface area contributed by atoms with E-state index in [2.05, 4.69) is 5.32 Å². The van der Waals surface area contributed by atoms with E-state index in [4.69, 9.17) is 0 Å². The van der Waals surface area contributed by atoms with Crippen LogP contribution in [-0.4, -0.2) is 37.7 Å². The molecule has 1 amide bonds. The van der Waals surface area contributed by atoms with E-state index in [-0.39, 0.29) is 22.8 Å². The van der Waals surface area contributed by atoms with E-state index in [9.17, 15) is 23.1 Å². The predicted molar refractivity (Wildman–Crippen MR) is 103 cm³/mol. The third kappa shape index (κ3) is 5.65. The van der Waals surface area contributed by atoms with Gasteiger partial charge in [0.25, 0.3) is 5.91 Å². The summed E-state index contributed by atoms with van der Waals surface area (Å²) in [5, 5.41) is 12.0. The van der Waals surface area contributed by atoms with Crippen LogP contribution in [0, 0.1) is 12.8 Å². The SMILES string of the molecule is CCS(=O)(=O)c1cccc(C(=O)NCC(Cc2cccc(C)c2)C(=O)O)c1. The minimum Gasteiger partial charge on any atom is -0.481 e. The second-order valence-corrected chi connectivity index (χ2v) is 8.65. The molecule has 0 spiro atoms. The Morgan fingerprint density at radius 2 is 1.81 bits per heavy atom. The third-order valence-electron chi connectivity index (χ3n) is 4.26. The summed E-state index contributed by atoms with van der Waals surface area (Å²) in [5.41, 5.74) is 2.10. The van der Waals surface area contributed by atoms with Crippen molar-refractivity contribution in [3.05, 3.63) is 65.2 Å². The average molecular weight is 389 g/mol. The summed E-state index contributed by atoms with van der Waals surface area (Å²) in [5.74, 6) is -2.34. The molecule has 27 heavy (non-hydrogen) atoms. The molecule has 0 aliphatic carbocycles. The van der Waals surface area contributed by atoms with E-state index in [1.165, 1.54) is 31.2 Å². The van der Waals surface area contributed by atoms with Crippen molar-refractivity contribution in [2.75, 3.05) is 12.3 Å². The minimum absolute atomic E-state index is 0.0487. The van der Waals surface area contributed by atoms with Crippen LogP contribution in [0.5, 0.6) is 0 Å². The van der Waals surface area contributed by atoms with E-state index in [1.54, 1.807) is 0 Å². The highest BCUT2D eigenvalue weighted by Gasteiger charge is 2.20. The fourth-order valence-electron chi connectivity index (χ4n) is 2.69. The lowest BCUT2D eigenvalue weighted by atomic mass is 9.98. The highest BCUT2D eigenvalue weighted by Crippen LogP contribution is 2.14. The van der Waals surface area contributed by atoms with Crippen molar-refractivity contribution >= 4 is 21.7 Å². The molecule has 1 unspecified atom stereocenters. The van der Waals surface area contributed by atoms with Gasteiger partial charge >= 0.3 is 5.97 Å². The molecular weight excluding hydrogens is 366 g/mol. The summed E-state index contributed by atoms with van der Waals surface area (Å²) in [4.78, 5) is 24.0. The van der Waals surface area contributed by atoms with E-state index < -0.39 is 27.6 Å². The first-order valence-corrected chi connectivity index (χ1v) is 10.3. The molecule has 0 aliphatic heterocycles. The molecule has 0 bridgehead atoms. The Kier molecular flexibility index (Phi) is 6.74. The standard InChI is InChI=1S/C20H23NO5S/c1-3-27(25,26)18-9-5-8-16(12-18)19(22)21-13-17(20(23)24)11-15-7-4-6-14(2)10-15/h4-10,12,17H,3,11,13H2,1-2H3,(H,21,22)(H,23,24). The van der Waals surface area contributed by atoms with Gasteiger partial charge in [-0.1, -0.05) is 42.8 Å². The maximum Gasteiger partial charge on any atom is 0.308 e. The molecule has 0 aromatic heterocycles. The van der Waals surface area contributed by atoms with Gasteiger partial charge in [-0.05, 0) is 37.1 Å². The van der Waals surface area contributed by atoms with Crippen molar-refractivity contribution < 1.29 is 23.1 Å². The Hall–Kier alpha value is -2.67. The van der Waals surface area contributed by atoms with E-state index in [1.807, 2.05) is 31.2 Å². The predicted octanol–water partition coefficient (Wildman–Crippen LogP) is 2.46. The van der Waals surface area contributed by atoms with Gasteiger partial charge in [0.1, 0.15) is 0 Å². The van der Waals surface area contributed by atoms with Gasteiger partial charge in [-0.25, -0.2) is 8.42 Å². The van der Waals surface area contributed by atoms with Gasteiger partial charge in [-0.15, -0.1) is 0 Å². The lowest BCUT2D eigenvalue weighted by molar-refractivity contribution is -0.141. The van der Waals surface area contributed by atoms with Crippen molar-refractivity contribution in [2.45, 2.75) is 25.2 Å². The fourth-order valence-corrected chi connectivity index (χ4v) is 3.61. The topological polar surface area (TPSA) is 101 Å². The monoisotopic (exact) mass is 389 g/mol. The molecule has 2 N–H and O–H groups in total. The second kappa shape index (κ2) is 8.81. The summed E-state index contributed by atoms with van der Waals surface area (Å²) in [7, 11) is -3.42. The number of sulfone groups is 1. The first kappa shape index (κ1) is 20.6. The van der Waals surface area contributed by atoms with E-state index in [0.717, 1.165) is 11.1 Å². The fraction of sp³-hybridized carbons (Fsp3) is 0.300. The number of carboxylic acid groups (broad SMARTS) is 1. The molecule has 0 fully saturated rings. The van der Waals surface area contributed by atoms with Gasteiger partial charge in [-0.3, -0.25) is 9.59 Å². The molecule has 7 heteroatoms. The summed E-state index contributed by atoms with van der Waals surface area (Å²) in [6.45, 7) is 3.41. The van der Waals surface area contributed by atoms with Crippen molar-refractivity contribution in [1.29, 1.82) is 0 Å². The Morgan fingerprint density at radius 1 is 1.11 bits per heavy atom. The van der Waals surface area contributed by atoms with Crippen molar-refractivity contribution in [1.82, 2.24) is 5.32 Å². The molecule has 2 aromatic carbocycles. The van der Waals surface area contributed by atoms with Crippen LogP contribution >= 0.6 is 0 Å². The van der Waals surface area contributed by atoms with Crippen LogP contribution in [0.4, 0.5) is 0 Å². The average Bonchev–Trinajstić information content (AvgIpc) is 2.64. The lowest BCUT2D eigenvalue weighted by Crippen LogP contribution is -2.34. The number of nitrogens with one attached hydrogen (secondary N) is 1. The van der Waals surface area contributed by atoms with Crippen LogP contribution in [0.3, 0.4) is 0 Å². The van der Waals surface area contributed by atoms with Gasteiger partial charge < -0.3 is 10.4 Å². The molecule has 0 saturated carbocycles. The number of rotatable bonds is 8. The smallest absolute Gasteiger partial charge is 0.308 e. The first-order chi connectivity index (χ1) is 12.7. The van der Waals surface area contributed by atoms with Gasteiger partial charge in [-0.2, -0.15) is 0 Å². The van der Waals surface area contributed by atoms with E-state index >= 15 is 0 Å². The maximum atomic E-state index is 12.3. The number of hydrogen-bond acceptors (Lipinski definition) is 4. The van der Waals surface area contributed by atoms with Crippen LogP contribution < -0.4 is 5.32 Å². The molecule has 144 valence electrons. The number of hydrogen-bond donors (Lipinski definition) is 2. The van der Waals surface area contributed by atoms with Gasteiger partial charge in [0.05, 0.1) is 16.6 Å². The molecule has 1 atom stereocenters. The number of amides is 1. The maximum absolute atomic E-state index is 12.3. The van der Waals surface area contributed by atoms with Gasteiger partial charge in [0.2, 0.25) is 0 Å². The van der Waals surface area contributed by atoms with Gasteiger partial charge in [0, 0.05) is 12.1 Å². The van der Waals surface area contributed by atoms with Crippen molar-refractivity contribution in [2.24, 2.45) is 5.92 Å². The second-order valence-electron chi connectivity index (χ2n) is 6.37. The minimum atomic E-state index is -3.42. The normalized spacial score (nSPS) is 12.4.